The average molecular weight is 489 g/mol. The van der Waals surface area contributed by atoms with Gasteiger partial charge in [0.1, 0.15) is 0 Å². The van der Waals surface area contributed by atoms with Crippen LogP contribution in [0.1, 0.15) is 35.7 Å². The summed E-state index contributed by atoms with van der Waals surface area (Å²) in [5.74, 6) is -1.20. The number of carboxylic acids is 1. The van der Waals surface area contributed by atoms with Gasteiger partial charge >= 0.3 is 5.97 Å². The topological polar surface area (TPSA) is 119 Å². The number of amides is 1. The summed E-state index contributed by atoms with van der Waals surface area (Å²) in [5, 5.41) is 12.6. The third-order valence-corrected chi connectivity index (χ3v) is 7.15. The van der Waals surface area contributed by atoms with Gasteiger partial charge in [-0.15, -0.1) is 0 Å². The molecule has 1 aliphatic rings. The molecule has 0 atom stereocenters. The number of nitrogens with one attached hydrogen (secondary N) is 2. The van der Waals surface area contributed by atoms with Gasteiger partial charge in [-0.25, -0.2) is 13.2 Å². The molecule has 1 aliphatic heterocycles. The van der Waals surface area contributed by atoms with Gasteiger partial charge in [0, 0.05) is 38.4 Å². The third-order valence-electron chi connectivity index (χ3n) is 5.77. The van der Waals surface area contributed by atoms with E-state index in [1.807, 2.05) is 11.8 Å². The minimum Gasteiger partial charge on any atom is -0.478 e. The maximum Gasteiger partial charge on any atom is 0.337 e. The monoisotopic (exact) mass is 488 g/mol. The standard InChI is InChI=1S/C24H32N4O5S/c1-3-4-11-25-23(29)17-27-12-14-28(15-13-27)19-7-10-22(21(16-19)24(30)31)26-34(32,33)20-8-5-18(2)6-9-20/h5-10,16,26H,3-4,11-15,17H2,1-2H3,(H,25,29)(H,30,31). The van der Waals surface area contributed by atoms with Crippen LogP contribution in [0.2, 0.25) is 0 Å². The van der Waals surface area contributed by atoms with Crippen LogP contribution in [0, 0.1) is 6.92 Å². The second-order valence-electron chi connectivity index (χ2n) is 8.42. The van der Waals surface area contributed by atoms with Gasteiger partial charge in [0.2, 0.25) is 5.91 Å². The molecule has 0 aliphatic carbocycles. The molecule has 1 fully saturated rings. The summed E-state index contributed by atoms with van der Waals surface area (Å²) in [6.45, 7) is 7.58. The first-order chi connectivity index (χ1) is 16.2. The fourth-order valence-electron chi connectivity index (χ4n) is 3.74. The zero-order valence-corrected chi connectivity index (χ0v) is 20.4. The normalized spacial score (nSPS) is 14.6. The molecule has 1 saturated heterocycles. The number of sulfonamides is 1. The van der Waals surface area contributed by atoms with Crippen molar-refractivity contribution in [2.45, 2.75) is 31.6 Å². The smallest absolute Gasteiger partial charge is 0.337 e. The van der Waals surface area contributed by atoms with E-state index in [9.17, 15) is 23.1 Å². The Balaban J connectivity index is 1.66. The lowest BCUT2D eigenvalue weighted by Gasteiger charge is -2.36. The van der Waals surface area contributed by atoms with E-state index in [4.69, 9.17) is 0 Å². The maximum atomic E-state index is 12.7. The lowest BCUT2D eigenvalue weighted by molar-refractivity contribution is -0.122. The van der Waals surface area contributed by atoms with Gasteiger partial charge in [0.05, 0.1) is 22.7 Å². The van der Waals surface area contributed by atoms with Gasteiger partial charge < -0.3 is 15.3 Å². The first-order valence-corrected chi connectivity index (χ1v) is 12.9. The molecule has 3 N–H and O–H groups in total. The molecule has 0 radical (unpaired) electrons. The summed E-state index contributed by atoms with van der Waals surface area (Å²) in [4.78, 5) is 28.1. The number of piperazine rings is 1. The van der Waals surface area contributed by atoms with Crippen molar-refractivity contribution in [1.82, 2.24) is 10.2 Å². The van der Waals surface area contributed by atoms with E-state index in [0.717, 1.165) is 18.4 Å². The summed E-state index contributed by atoms with van der Waals surface area (Å²) < 4.78 is 27.9. The molecule has 0 spiro atoms. The van der Waals surface area contributed by atoms with Crippen LogP contribution in [0.3, 0.4) is 0 Å². The Morgan fingerprint density at radius 2 is 1.71 bits per heavy atom. The zero-order valence-electron chi connectivity index (χ0n) is 19.6. The Hall–Kier alpha value is -3.11. The van der Waals surface area contributed by atoms with Gasteiger partial charge in [-0.05, 0) is 43.7 Å². The molecule has 2 aromatic rings. The number of hydrogen-bond acceptors (Lipinski definition) is 6. The maximum absolute atomic E-state index is 12.7. The van der Waals surface area contributed by atoms with Crippen LogP contribution in [0.5, 0.6) is 0 Å². The number of unbranched alkanes of at least 4 members (excludes halogenated alkanes) is 1. The Kier molecular flexibility index (Phi) is 8.51. The Bertz CT molecular complexity index is 1110. The zero-order chi connectivity index (χ0) is 24.7. The van der Waals surface area contributed by atoms with Crippen LogP contribution >= 0.6 is 0 Å². The first kappa shape index (κ1) is 25.5. The van der Waals surface area contributed by atoms with Crippen molar-refractivity contribution in [3.05, 3.63) is 53.6 Å². The van der Waals surface area contributed by atoms with Crippen LogP contribution < -0.4 is 14.9 Å². The molecule has 184 valence electrons. The van der Waals surface area contributed by atoms with E-state index >= 15 is 0 Å². The number of carboxylic acid groups (broad SMARTS) is 1. The van der Waals surface area contributed by atoms with E-state index in [0.29, 0.717) is 45.0 Å². The molecule has 2 aromatic carbocycles. The molecular formula is C24H32N4O5S. The van der Waals surface area contributed by atoms with Crippen molar-refractivity contribution in [3.8, 4) is 0 Å². The highest BCUT2D eigenvalue weighted by Crippen LogP contribution is 2.27. The lowest BCUT2D eigenvalue weighted by Crippen LogP contribution is -2.49. The molecule has 0 saturated carbocycles. The summed E-state index contributed by atoms with van der Waals surface area (Å²) in [6.07, 6.45) is 1.99. The number of carbonyl (C=O) groups excluding carboxylic acids is 1. The Morgan fingerprint density at radius 3 is 2.32 bits per heavy atom. The number of benzene rings is 2. The van der Waals surface area contributed by atoms with E-state index < -0.39 is 16.0 Å². The highest BCUT2D eigenvalue weighted by Gasteiger charge is 2.23. The van der Waals surface area contributed by atoms with Crippen LogP contribution in [-0.2, 0) is 14.8 Å². The predicted octanol–water partition coefficient (Wildman–Crippen LogP) is 2.53. The number of rotatable bonds is 10. The molecule has 0 aromatic heterocycles. The first-order valence-electron chi connectivity index (χ1n) is 11.4. The molecule has 10 heteroatoms. The number of nitrogens with zero attached hydrogens (tertiary/aromatic N) is 2. The minimum atomic E-state index is -3.92. The van der Waals surface area contributed by atoms with Crippen molar-refractivity contribution in [1.29, 1.82) is 0 Å². The van der Waals surface area contributed by atoms with Crippen molar-refractivity contribution in [3.63, 3.8) is 0 Å². The molecule has 1 amide bonds. The summed E-state index contributed by atoms with van der Waals surface area (Å²) >= 11 is 0. The van der Waals surface area contributed by atoms with E-state index in [1.54, 1.807) is 18.2 Å². The van der Waals surface area contributed by atoms with Crippen molar-refractivity contribution in [2.24, 2.45) is 0 Å². The van der Waals surface area contributed by atoms with Crippen molar-refractivity contribution >= 4 is 33.3 Å². The highest BCUT2D eigenvalue weighted by atomic mass is 32.2. The summed E-state index contributed by atoms with van der Waals surface area (Å²) in [6, 6.07) is 11.0. The summed E-state index contributed by atoms with van der Waals surface area (Å²) in [7, 11) is -3.92. The number of aromatic carboxylic acids is 1. The van der Waals surface area contributed by atoms with Crippen LogP contribution in [0.25, 0.3) is 0 Å². The molecule has 9 nitrogen and oxygen atoms in total. The van der Waals surface area contributed by atoms with Crippen molar-refractivity contribution in [2.75, 3.05) is 48.9 Å². The van der Waals surface area contributed by atoms with Gasteiger partial charge in [-0.3, -0.25) is 14.4 Å². The number of anilines is 2. The van der Waals surface area contributed by atoms with Gasteiger partial charge in [0.15, 0.2) is 0 Å². The highest BCUT2D eigenvalue weighted by molar-refractivity contribution is 7.92. The minimum absolute atomic E-state index is 0.0132. The second-order valence-corrected chi connectivity index (χ2v) is 10.1. The van der Waals surface area contributed by atoms with Gasteiger partial charge in [-0.1, -0.05) is 31.0 Å². The van der Waals surface area contributed by atoms with Crippen LogP contribution in [-0.4, -0.2) is 69.6 Å². The molecule has 0 bridgehead atoms. The molecule has 0 unspecified atom stereocenters. The fraction of sp³-hybridized carbons (Fsp3) is 0.417. The largest absolute Gasteiger partial charge is 0.478 e. The molecule has 1 heterocycles. The second kappa shape index (κ2) is 11.3. The molecule has 3 rings (SSSR count). The Labute approximate surface area is 200 Å². The van der Waals surface area contributed by atoms with Crippen molar-refractivity contribution < 1.29 is 23.1 Å². The summed E-state index contributed by atoms with van der Waals surface area (Å²) in [5.41, 5.74) is 1.51. The molecular weight excluding hydrogens is 456 g/mol. The van der Waals surface area contributed by atoms with E-state index in [1.165, 1.54) is 24.3 Å². The number of hydrogen-bond donors (Lipinski definition) is 3. The van der Waals surface area contributed by atoms with Crippen LogP contribution in [0.15, 0.2) is 47.4 Å². The quantitative estimate of drug-likeness (QED) is 0.440. The lowest BCUT2D eigenvalue weighted by atomic mass is 10.1. The third kappa shape index (κ3) is 6.71. The predicted molar refractivity (Wildman–Crippen MR) is 132 cm³/mol. The van der Waals surface area contributed by atoms with Crippen LogP contribution in [0.4, 0.5) is 11.4 Å². The average Bonchev–Trinajstić information content (AvgIpc) is 2.80. The SMILES string of the molecule is CCCCNC(=O)CN1CCN(c2ccc(NS(=O)(=O)c3ccc(C)cc3)c(C(=O)O)c2)CC1. The number of carbonyl (C=O) groups is 2. The van der Waals surface area contributed by atoms with E-state index in [-0.39, 0.29) is 22.1 Å². The fourth-order valence-corrected chi connectivity index (χ4v) is 4.82. The number of aryl methyl sites for hydroxylation is 1. The Morgan fingerprint density at radius 1 is 1.03 bits per heavy atom. The van der Waals surface area contributed by atoms with Gasteiger partial charge in [0.25, 0.3) is 10.0 Å². The van der Waals surface area contributed by atoms with Gasteiger partial charge in [-0.2, -0.15) is 0 Å². The van der Waals surface area contributed by atoms with E-state index in [2.05, 4.69) is 21.9 Å². The molecule has 34 heavy (non-hydrogen) atoms.